The van der Waals surface area contributed by atoms with Gasteiger partial charge >= 0.3 is 39.5 Å². The fourth-order valence-electron chi connectivity index (χ4n) is 0. The van der Waals surface area contributed by atoms with E-state index in [-0.39, 0.29) is 0 Å². The molecule has 0 N–H and O–H groups in total. The molecule has 0 heterocycles. The molecule has 0 fully saturated rings. The van der Waals surface area contributed by atoms with Crippen LogP contribution in [-0.4, -0.2) is 29.5 Å². The van der Waals surface area contributed by atoms with Crippen molar-refractivity contribution < 1.29 is 3.07 Å². The standard InChI is InChI=1S/C2H5O.Sn/c1-2-3;/h2H2,1H3;/q-1;+4. The normalized spacial score (nSPS) is 7.75. The molecule has 20 valence electrons. The molecule has 0 radical (unpaired) electrons. The maximum atomic E-state index is 4.63. The van der Waals surface area contributed by atoms with Gasteiger partial charge in [0.1, 0.15) is 0 Å². The van der Waals surface area contributed by atoms with Crippen LogP contribution in [0.3, 0.4) is 0 Å². The molecule has 4 heavy (non-hydrogen) atoms. The number of rotatable bonds is 1. The van der Waals surface area contributed by atoms with Gasteiger partial charge in [0.15, 0.2) is 0 Å². The summed E-state index contributed by atoms with van der Waals surface area (Å²) in [7, 11) is 0. The quantitative estimate of drug-likeness (QED) is 0.499. The van der Waals surface area contributed by atoms with Gasteiger partial charge in [0, 0.05) is 0 Å². The van der Waals surface area contributed by atoms with Crippen molar-refractivity contribution in [3.05, 3.63) is 0 Å². The van der Waals surface area contributed by atoms with E-state index >= 15 is 0 Å². The van der Waals surface area contributed by atoms with Gasteiger partial charge in [0.25, 0.3) is 0 Å². The van der Waals surface area contributed by atoms with Crippen molar-refractivity contribution in [3.8, 4) is 0 Å². The molecule has 2 heteroatoms. The van der Waals surface area contributed by atoms with Gasteiger partial charge in [0.2, 0.25) is 0 Å². The van der Waals surface area contributed by atoms with Crippen molar-refractivity contribution >= 4 is 22.9 Å². The van der Waals surface area contributed by atoms with E-state index in [4.69, 9.17) is 0 Å². The van der Waals surface area contributed by atoms with E-state index < -0.39 is 0 Å². The molecule has 0 amide bonds. The maximum absolute atomic E-state index is 4.63. The van der Waals surface area contributed by atoms with Gasteiger partial charge in [-0.05, 0) is 0 Å². The fraction of sp³-hybridized carbons (Fsp3) is 1.00. The van der Waals surface area contributed by atoms with E-state index in [0.717, 1.165) is 6.61 Å². The van der Waals surface area contributed by atoms with Crippen molar-refractivity contribution in [3.63, 3.8) is 0 Å². The van der Waals surface area contributed by atoms with Crippen molar-refractivity contribution in [2.75, 3.05) is 6.61 Å². The predicted molar refractivity (Wildman–Crippen MR) is 17.4 cm³/mol. The first-order valence-electron chi connectivity index (χ1n) is 1.20. The average Bonchev–Trinajstić information content (AvgIpc) is 1.37. The van der Waals surface area contributed by atoms with Gasteiger partial charge in [-0.15, -0.1) is 0 Å². The topological polar surface area (TPSA) is 9.23 Å². The molecule has 0 saturated carbocycles. The van der Waals surface area contributed by atoms with Crippen LogP contribution in [0.4, 0.5) is 0 Å². The summed E-state index contributed by atoms with van der Waals surface area (Å²) in [5.74, 6) is 0. The third-order valence-electron chi connectivity index (χ3n) is 0.144. The van der Waals surface area contributed by atoms with E-state index in [1.807, 2.05) is 6.92 Å². The van der Waals surface area contributed by atoms with Crippen molar-refractivity contribution in [1.29, 1.82) is 0 Å². The summed E-state index contributed by atoms with van der Waals surface area (Å²) >= 11 is 1.17. The Morgan fingerprint density at radius 3 is 2.25 bits per heavy atom. The van der Waals surface area contributed by atoms with Gasteiger partial charge in [-0.25, -0.2) is 0 Å². The second-order valence-electron chi connectivity index (χ2n) is 0.433. The van der Waals surface area contributed by atoms with E-state index in [0.29, 0.717) is 0 Å². The summed E-state index contributed by atoms with van der Waals surface area (Å²) in [6.45, 7) is 2.84. The molecule has 0 aromatic heterocycles. The van der Waals surface area contributed by atoms with Crippen LogP contribution in [0, 0.1) is 0 Å². The zero-order chi connectivity index (χ0) is 3.41. The number of hydrogen-bond acceptors (Lipinski definition) is 1. The first kappa shape index (κ1) is 4.76. The predicted octanol–water partition coefficient (Wildman–Crippen LogP) is 0.106. The number of hydrogen-bond donors (Lipinski definition) is 0. The van der Waals surface area contributed by atoms with Gasteiger partial charge in [0.05, 0.1) is 0 Å². The summed E-state index contributed by atoms with van der Waals surface area (Å²) in [5, 5.41) is 0. The van der Waals surface area contributed by atoms with Gasteiger partial charge < -0.3 is 0 Å². The van der Waals surface area contributed by atoms with Crippen LogP contribution in [0.1, 0.15) is 6.92 Å². The van der Waals surface area contributed by atoms with Crippen molar-refractivity contribution in [2.24, 2.45) is 0 Å². The Bertz CT molecular complexity index is 8.00. The molecular formula is C2H5OSn+3. The second kappa shape index (κ2) is 3.76. The Balaban J connectivity index is 1.97. The summed E-state index contributed by atoms with van der Waals surface area (Å²) in [5.41, 5.74) is 0. The van der Waals surface area contributed by atoms with Crippen LogP contribution in [0.2, 0.25) is 0 Å². The van der Waals surface area contributed by atoms with E-state index in [2.05, 4.69) is 3.07 Å². The molecule has 0 aliphatic rings. The van der Waals surface area contributed by atoms with Crippen molar-refractivity contribution in [2.45, 2.75) is 6.92 Å². The molecule has 0 bridgehead atoms. The average molecular weight is 164 g/mol. The Morgan fingerprint density at radius 2 is 2.25 bits per heavy atom. The minimum absolute atomic E-state index is 0.859. The SMILES string of the molecule is CC[O][Sn+3]. The van der Waals surface area contributed by atoms with E-state index in [1.54, 1.807) is 0 Å². The molecule has 0 saturated heterocycles. The monoisotopic (exact) mass is 165 g/mol. The molecule has 0 aliphatic heterocycles. The van der Waals surface area contributed by atoms with Crippen LogP contribution in [0.5, 0.6) is 0 Å². The summed E-state index contributed by atoms with van der Waals surface area (Å²) in [6.07, 6.45) is 0. The molecule has 0 aliphatic carbocycles. The molecule has 0 atom stereocenters. The molecule has 0 aromatic carbocycles. The third-order valence-corrected chi connectivity index (χ3v) is 0.968. The van der Waals surface area contributed by atoms with Crippen LogP contribution >= 0.6 is 0 Å². The van der Waals surface area contributed by atoms with Crippen molar-refractivity contribution in [1.82, 2.24) is 0 Å². The Labute approximate surface area is 40.0 Å². The van der Waals surface area contributed by atoms with Crippen LogP contribution in [-0.2, 0) is 3.07 Å². The first-order valence-corrected chi connectivity index (χ1v) is 2.37. The molecule has 0 aromatic rings. The summed E-state index contributed by atoms with van der Waals surface area (Å²) in [6, 6.07) is 0. The van der Waals surface area contributed by atoms with Gasteiger partial charge in [-0.2, -0.15) is 0 Å². The van der Waals surface area contributed by atoms with Crippen LogP contribution < -0.4 is 0 Å². The van der Waals surface area contributed by atoms with Crippen LogP contribution in [0.15, 0.2) is 0 Å². The molecule has 0 rings (SSSR count). The van der Waals surface area contributed by atoms with Gasteiger partial charge in [-0.1, -0.05) is 0 Å². The third kappa shape index (κ3) is 2.76. The molecule has 1 nitrogen and oxygen atoms in total. The first-order chi connectivity index (χ1) is 1.91. The van der Waals surface area contributed by atoms with Crippen LogP contribution in [0.25, 0.3) is 0 Å². The Morgan fingerprint density at radius 1 is 2.00 bits per heavy atom. The fourth-order valence-corrected chi connectivity index (χ4v) is 0. The molecule has 0 spiro atoms. The summed E-state index contributed by atoms with van der Waals surface area (Å²) < 4.78 is 4.63. The second-order valence-corrected chi connectivity index (χ2v) is 1.26. The van der Waals surface area contributed by atoms with E-state index in [9.17, 15) is 0 Å². The zero-order valence-corrected chi connectivity index (χ0v) is 5.47. The zero-order valence-electron chi connectivity index (χ0n) is 2.62. The Kier molecular flexibility index (Phi) is 4.47. The molecular weight excluding hydrogens is 159 g/mol. The Hall–Kier alpha value is 0.759. The van der Waals surface area contributed by atoms with Gasteiger partial charge in [-0.3, -0.25) is 0 Å². The molecule has 0 unspecified atom stereocenters. The summed E-state index contributed by atoms with van der Waals surface area (Å²) in [4.78, 5) is 0. The minimum atomic E-state index is 0.859. The van der Waals surface area contributed by atoms with E-state index in [1.165, 1.54) is 22.9 Å².